The molecule has 21 heavy (non-hydrogen) atoms. The summed E-state index contributed by atoms with van der Waals surface area (Å²) in [5.74, 6) is -0.0416. The molecule has 0 radical (unpaired) electrons. The van der Waals surface area contributed by atoms with E-state index in [1.807, 2.05) is 30.3 Å². The van der Waals surface area contributed by atoms with Crippen LogP contribution >= 0.6 is 0 Å². The van der Waals surface area contributed by atoms with Gasteiger partial charge in [0.1, 0.15) is 0 Å². The summed E-state index contributed by atoms with van der Waals surface area (Å²) in [7, 11) is 3.24. The van der Waals surface area contributed by atoms with Crippen molar-refractivity contribution in [2.24, 2.45) is 5.73 Å². The smallest absolute Gasteiger partial charge is 0.239 e. The Morgan fingerprint density at radius 1 is 1.14 bits per heavy atom. The maximum absolute atomic E-state index is 12.4. The van der Waals surface area contributed by atoms with Crippen molar-refractivity contribution in [3.05, 3.63) is 35.9 Å². The Hall–Kier alpha value is -1.43. The molecule has 0 fully saturated rings. The number of methoxy groups -OCH3 is 2. The van der Waals surface area contributed by atoms with Gasteiger partial charge >= 0.3 is 0 Å². The molecule has 1 amide bonds. The Balaban J connectivity index is 2.47. The van der Waals surface area contributed by atoms with E-state index in [1.165, 1.54) is 5.56 Å². The lowest BCUT2D eigenvalue weighted by atomic mass is 10.0. The minimum atomic E-state index is -0.487. The largest absolute Gasteiger partial charge is 0.383 e. The zero-order chi connectivity index (χ0) is 15.5. The van der Waals surface area contributed by atoms with Crippen LogP contribution in [-0.4, -0.2) is 57.4 Å². The molecule has 0 aliphatic carbocycles. The lowest BCUT2D eigenvalue weighted by Crippen LogP contribution is -2.46. The van der Waals surface area contributed by atoms with Gasteiger partial charge in [-0.3, -0.25) is 4.79 Å². The number of nitrogens with zero attached hydrogens (tertiary/aromatic N) is 1. The summed E-state index contributed by atoms with van der Waals surface area (Å²) in [6.45, 7) is 2.08. The molecule has 1 rings (SSSR count). The van der Waals surface area contributed by atoms with E-state index in [9.17, 15) is 4.79 Å². The van der Waals surface area contributed by atoms with Crippen LogP contribution in [0.25, 0.3) is 0 Å². The minimum Gasteiger partial charge on any atom is -0.383 e. The van der Waals surface area contributed by atoms with Crippen LogP contribution in [0.1, 0.15) is 12.0 Å². The second kappa shape index (κ2) is 10.3. The molecule has 1 aromatic rings. The van der Waals surface area contributed by atoms with Crippen LogP contribution in [0.15, 0.2) is 30.3 Å². The van der Waals surface area contributed by atoms with Crippen molar-refractivity contribution >= 4 is 5.91 Å². The minimum absolute atomic E-state index is 0.0416. The average molecular weight is 294 g/mol. The molecule has 5 nitrogen and oxygen atoms in total. The molecule has 0 spiro atoms. The summed E-state index contributed by atoms with van der Waals surface area (Å²) in [4.78, 5) is 14.1. The second-order valence-electron chi connectivity index (χ2n) is 4.94. The molecular formula is C16H26N2O3. The van der Waals surface area contributed by atoms with Crippen molar-refractivity contribution < 1.29 is 14.3 Å². The highest BCUT2D eigenvalue weighted by molar-refractivity contribution is 5.81. The number of ether oxygens (including phenoxy) is 2. The molecular weight excluding hydrogens is 268 g/mol. The van der Waals surface area contributed by atoms with E-state index in [4.69, 9.17) is 15.2 Å². The molecule has 0 aliphatic rings. The highest BCUT2D eigenvalue weighted by Crippen LogP contribution is 2.06. The molecule has 0 saturated heterocycles. The summed E-state index contributed by atoms with van der Waals surface area (Å²) in [6.07, 6.45) is 1.44. The van der Waals surface area contributed by atoms with Crippen LogP contribution in [0.3, 0.4) is 0 Å². The number of amides is 1. The van der Waals surface area contributed by atoms with E-state index in [1.54, 1.807) is 19.1 Å². The first-order valence-electron chi connectivity index (χ1n) is 7.25. The Kier molecular flexibility index (Phi) is 8.66. The third kappa shape index (κ3) is 6.71. The molecule has 1 atom stereocenters. The highest BCUT2D eigenvalue weighted by atomic mass is 16.5. The summed E-state index contributed by atoms with van der Waals surface area (Å²) in [5.41, 5.74) is 7.23. The molecule has 0 aliphatic heterocycles. The Bertz CT molecular complexity index is 390. The van der Waals surface area contributed by atoms with Gasteiger partial charge in [-0.1, -0.05) is 30.3 Å². The third-order valence-electron chi connectivity index (χ3n) is 3.35. The van der Waals surface area contributed by atoms with Crippen molar-refractivity contribution in [1.82, 2.24) is 4.90 Å². The summed E-state index contributed by atoms with van der Waals surface area (Å²) in [6, 6.07) is 9.57. The number of nitrogens with two attached hydrogens (primary N) is 1. The highest BCUT2D eigenvalue weighted by Gasteiger charge is 2.20. The fraction of sp³-hybridized carbons (Fsp3) is 0.562. The van der Waals surface area contributed by atoms with E-state index >= 15 is 0 Å². The predicted molar refractivity (Wildman–Crippen MR) is 83.1 cm³/mol. The predicted octanol–water partition coefficient (Wildman–Crippen LogP) is 1.07. The van der Waals surface area contributed by atoms with Gasteiger partial charge < -0.3 is 20.1 Å². The van der Waals surface area contributed by atoms with Crippen LogP contribution in [0, 0.1) is 0 Å². The van der Waals surface area contributed by atoms with Crippen molar-refractivity contribution in [3.8, 4) is 0 Å². The van der Waals surface area contributed by atoms with Crippen molar-refractivity contribution in [2.75, 3.05) is 40.5 Å². The van der Waals surface area contributed by atoms with Gasteiger partial charge in [0.2, 0.25) is 5.91 Å². The van der Waals surface area contributed by atoms with Gasteiger partial charge in [0.25, 0.3) is 0 Å². The maximum atomic E-state index is 12.4. The van der Waals surface area contributed by atoms with Crippen LogP contribution in [0.2, 0.25) is 0 Å². The topological polar surface area (TPSA) is 64.8 Å². The zero-order valence-corrected chi connectivity index (χ0v) is 13.0. The Morgan fingerprint density at radius 3 is 2.24 bits per heavy atom. The molecule has 0 heterocycles. The van der Waals surface area contributed by atoms with Gasteiger partial charge in [-0.15, -0.1) is 0 Å². The van der Waals surface area contributed by atoms with E-state index < -0.39 is 6.04 Å². The van der Waals surface area contributed by atoms with E-state index in [-0.39, 0.29) is 5.91 Å². The van der Waals surface area contributed by atoms with E-state index in [0.717, 1.165) is 6.42 Å². The van der Waals surface area contributed by atoms with Gasteiger partial charge in [0.15, 0.2) is 0 Å². The Morgan fingerprint density at radius 2 is 1.71 bits per heavy atom. The molecule has 0 bridgehead atoms. The zero-order valence-electron chi connectivity index (χ0n) is 13.0. The number of benzene rings is 1. The SMILES string of the molecule is COCCN(CCOC)C(=O)C(N)CCc1ccccc1. The molecule has 118 valence electrons. The first kappa shape index (κ1) is 17.6. The molecule has 0 aromatic heterocycles. The van der Waals surface area contributed by atoms with E-state index in [2.05, 4.69) is 0 Å². The first-order chi connectivity index (χ1) is 10.2. The number of aryl methyl sites for hydroxylation is 1. The summed E-state index contributed by atoms with van der Waals surface area (Å²) >= 11 is 0. The van der Waals surface area contributed by atoms with Crippen molar-refractivity contribution in [2.45, 2.75) is 18.9 Å². The quantitative estimate of drug-likeness (QED) is 0.701. The van der Waals surface area contributed by atoms with Crippen LogP contribution < -0.4 is 5.73 Å². The molecule has 2 N–H and O–H groups in total. The van der Waals surface area contributed by atoms with Crippen molar-refractivity contribution in [3.63, 3.8) is 0 Å². The first-order valence-corrected chi connectivity index (χ1v) is 7.25. The molecule has 0 saturated carbocycles. The van der Waals surface area contributed by atoms with Gasteiger partial charge in [0, 0.05) is 27.3 Å². The third-order valence-corrected chi connectivity index (χ3v) is 3.35. The van der Waals surface area contributed by atoms with Gasteiger partial charge in [-0.25, -0.2) is 0 Å². The lowest BCUT2D eigenvalue weighted by molar-refractivity contribution is -0.134. The van der Waals surface area contributed by atoms with Crippen LogP contribution in [0.4, 0.5) is 0 Å². The lowest BCUT2D eigenvalue weighted by Gasteiger charge is -2.25. The summed E-state index contributed by atoms with van der Waals surface area (Å²) in [5, 5.41) is 0. The van der Waals surface area contributed by atoms with Crippen molar-refractivity contribution in [1.29, 1.82) is 0 Å². The van der Waals surface area contributed by atoms with Crippen LogP contribution in [0.5, 0.6) is 0 Å². The van der Waals surface area contributed by atoms with Crippen LogP contribution in [-0.2, 0) is 20.7 Å². The van der Waals surface area contributed by atoms with E-state index in [0.29, 0.717) is 32.7 Å². The molecule has 5 heteroatoms. The number of hydrogen-bond acceptors (Lipinski definition) is 4. The van der Waals surface area contributed by atoms with Gasteiger partial charge in [0.05, 0.1) is 19.3 Å². The van der Waals surface area contributed by atoms with Gasteiger partial charge in [-0.05, 0) is 18.4 Å². The normalized spacial score (nSPS) is 12.1. The number of hydrogen-bond donors (Lipinski definition) is 1. The number of rotatable bonds is 10. The maximum Gasteiger partial charge on any atom is 0.239 e. The molecule has 1 unspecified atom stereocenters. The number of carbonyl (C=O) groups excluding carboxylic acids is 1. The fourth-order valence-corrected chi connectivity index (χ4v) is 2.06. The average Bonchev–Trinajstić information content (AvgIpc) is 2.53. The van der Waals surface area contributed by atoms with Gasteiger partial charge in [-0.2, -0.15) is 0 Å². The monoisotopic (exact) mass is 294 g/mol. The molecule has 1 aromatic carbocycles. The number of carbonyl (C=O) groups is 1. The standard InChI is InChI=1S/C16H26N2O3/c1-20-12-10-18(11-13-21-2)16(19)15(17)9-8-14-6-4-3-5-7-14/h3-7,15H,8-13,17H2,1-2H3. The summed E-state index contributed by atoms with van der Waals surface area (Å²) < 4.78 is 10.1. The Labute approximate surface area is 127 Å². The fourth-order valence-electron chi connectivity index (χ4n) is 2.06. The second-order valence-corrected chi connectivity index (χ2v) is 4.94.